The lowest BCUT2D eigenvalue weighted by molar-refractivity contribution is 0.481. The van der Waals surface area contributed by atoms with Crippen LogP contribution in [0.15, 0.2) is 156 Å². The highest BCUT2D eigenvalue weighted by atomic mass is 32.2. The fourth-order valence-electron chi connectivity index (χ4n) is 7.08. The first-order chi connectivity index (χ1) is 40.2. The summed E-state index contributed by atoms with van der Waals surface area (Å²) < 4.78 is 151. The maximum absolute atomic E-state index is 12.1. The molecule has 0 aliphatic carbocycles. The Morgan fingerprint density at radius 1 is 0.529 bits per heavy atom. The molecular formula is C48H36N16O15S6. The third kappa shape index (κ3) is 17.6. The Balaban J connectivity index is 0.00000136. The van der Waals surface area contributed by atoms with E-state index in [0.29, 0.717) is 17.8 Å². The molecule has 5 aromatic carbocycles. The average molecular weight is 1270 g/mol. The summed E-state index contributed by atoms with van der Waals surface area (Å²) in [6.45, 7) is 3.77. The van der Waals surface area contributed by atoms with Gasteiger partial charge in [-0.15, -0.1) is 45.7 Å². The molecule has 434 valence electrons. The number of anilines is 9. The largest absolute Gasteiger partial charge is 0.425 e. The van der Waals surface area contributed by atoms with E-state index in [-0.39, 0.29) is 101 Å². The number of para-hydroxylation sites is 1. The molecule has 8 aromatic rings. The van der Waals surface area contributed by atoms with Gasteiger partial charge in [-0.25, -0.2) is 4.98 Å². The van der Waals surface area contributed by atoms with E-state index in [9.17, 15) is 54.7 Å². The van der Waals surface area contributed by atoms with Crippen molar-refractivity contribution in [3.63, 3.8) is 0 Å². The molecule has 0 aliphatic rings. The number of nitrogens with one attached hydrogen (secondary N) is 5. The van der Waals surface area contributed by atoms with Crippen LogP contribution in [-0.2, 0) is 51.6 Å². The van der Waals surface area contributed by atoms with Crippen molar-refractivity contribution in [1.29, 1.82) is 15.8 Å². The molecule has 0 amide bonds. The maximum atomic E-state index is 12.1. The zero-order valence-corrected chi connectivity index (χ0v) is 47.8. The number of hydrogen-bond donors (Lipinski definition) is 8. The standard InChI is InChI=1S/C48H36N16O9S4.2O3S/c1-3-52-46-58-47(60-48(59-46)56-38-10-6-7-11-39(38)77(71,72)73)55-32-14-12-28(13-15-32)40-36(26-51)44(74-45(40)64-61-37-9-5-4-8-29(37)24-49)63-62-41-27(2)35(25-50)42(53-30-16-20-33(21-17-30)75(65,66)67)57-43(41)54-31-18-22-34(23-19-31)76(68,69)70;2*1-4(2)3/h4-23H,3H2,1-2H3,(H2,53,54,57)(H,65,66,67)(H,68,69,70)(H,71,72,73)(H3,52,55,56,58,59,60);;. The van der Waals surface area contributed by atoms with E-state index in [4.69, 9.17) is 25.3 Å². The minimum absolute atomic E-state index is 0.00476. The lowest BCUT2D eigenvalue weighted by Crippen LogP contribution is -2.10. The van der Waals surface area contributed by atoms with E-state index in [1.807, 2.05) is 6.92 Å². The summed E-state index contributed by atoms with van der Waals surface area (Å²) in [6, 6.07) is 34.9. The van der Waals surface area contributed by atoms with E-state index in [2.05, 4.69) is 85.2 Å². The van der Waals surface area contributed by atoms with Gasteiger partial charge in [0.15, 0.2) is 16.6 Å². The first-order valence-electron chi connectivity index (χ1n) is 23.0. The number of nitriles is 3. The van der Waals surface area contributed by atoms with Crippen molar-refractivity contribution in [2.45, 2.75) is 28.5 Å². The molecular weight excluding hydrogens is 1230 g/mol. The number of nitrogens with zero attached hydrogens (tertiary/aromatic N) is 11. The molecule has 0 saturated carbocycles. The van der Waals surface area contributed by atoms with E-state index >= 15 is 0 Å². The molecule has 3 aromatic heterocycles. The fourth-order valence-corrected chi connectivity index (χ4v) is 9.61. The van der Waals surface area contributed by atoms with Crippen molar-refractivity contribution in [3.05, 3.63) is 144 Å². The van der Waals surface area contributed by atoms with Gasteiger partial charge in [0.25, 0.3) is 30.4 Å². The molecule has 0 unspecified atom stereocenters. The van der Waals surface area contributed by atoms with Crippen molar-refractivity contribution in [3.8, 4) is 29.3 Å². The second-order valence-electron chi connectivity index (χ2n) is 16.2. The van der Waals surface area contributed by atoms with E-state index < -0.39 is 61.4 Å². The van der Waals surface area contributed by atoms with Gasteiger partial charge in [-0.3, -0.25) is 13.7 Å². The Morgan fingerprint density at radius 2 is 1.01 bits per heavy atom. The molecule has 0 bridgehead atoms. The predicted molar refractivity (Wildman–Crippen MR) is 303 cm³/mol. The topological polar surface area (TPSA) is 498 Å². The molecule has 3 heterocycles. The van der Waals surface area contributed by atoms with Gasteiger partial charge in [-0.05, 0) is 104 Å². The summed E-state index contributed by atoms with van der Waals surface area (Å²) in [5.74, 6) is 0.00969. The monoisotopic (exact) mass is 1270 g/mol. The predicted octanol–water partition coefficient (Wildman–Crippen LogP) is 8.89. The number of azo groups is 2. The molecule has 0 radical (unpaired) electrons. The highest BCUT2D eigenvalue weighted by Gasteiger charge is 2.24. The van der Waals surface area contributed by atoms with E-state index in [0.717, 1.165) is 35.6 Å². The normalized spacial score (nSPS) is 11.1. The van der Waals surface area contributed by atoms with Gasteiger partial charge >= 0.3 is 21.2 Å². The highest BCUT2D eigenvalue weighted by molar-refractivity contribution is 7.86. The second-order valence-corrected chi connectivity index (χ2v) is 22.2. The smallest absolute Gasteiger partial charge is 0.354 e. The van der Waals surface area contributed by atoms with Gasteiger partial charge in [0.1, 0.15) is 45.0 Å². The molecule has 31 nitrogen and oxygen atoms in total. The summed E-state index contributed by atoms with van der Waals surface area (Å²) in [7, 11) is -19.9. The van der Waals surface area contributed by atoms with Crippen LogP contribution >= 0.6 is 11.3 Å². The Labute approximate surface area is 488 Å². The Kier molecular flexibility index (Phi) is 21.0. The first kappa shape index (κ1) is 63.8. The van der Waals surface area contributed by atoms with Crippen LogP contribution in [0.4, 0.5) is 73.6 Å². The van der Waals surface area contributed by atoms with E-state index in [1.165, 1.54) is 42.5 Å². The number of benzene rings is 5. The van der Waals surface area contributed by atoms with Crippen molar-refractivity contribution in [2.24, 2.45) is 20.5 Å². The van der Waals surface area contributed by atoms with Gasteiger partial charge in [0, 0.05) is 34.7 Å². The highest BCUT2D eigenvalue weighted by Crippen LogP contribution is 2.49. The lowest BCUT2D eigenvalue weighted by atomic mass is 10.0. The van der Waals surface area contributed by atoms with Crippen LogP contribution < -0.4 is 26.6 Å². The SMILES string of the molecule is CCNc1nc(Nc2ccc(-c3c(N=Nc4ccccc4C#N)sc(N=Nc4c(Nc5ccc(S(=O)(=O)O)cc5)nc(Nc5ccc(S(=O)(=O)O)cc5)c(C#N)c4C)c3C#N)cc2)nc(Nc2ccccc2S(=O)(=O)O)n1.O=S(=O)=O.O=S(=O)=O. The summed E-state index contributed by atoms with van der Waals surface area (Å²) >= 11 is 0.917. The zero-order valence-electron chi connectivity index (χ0n) is 42.9. The van der Waals surface area contributed by atoms with Gasteiger partial charge < -0.3 is 26.6 Å². The summed E-state index contributed by atoms with van der Waals surface area (Å²) in [5.41, 5.74) is 2.25. The molecule has 0 aliphatic heterocycles. The van der Waals surface area contributed by atoms with Crippen molar-refractivity contribution in [2.75, 3.05) is 33.1 Å². The number of thiophene rings is 1. The van der Waals surface area contributed by atoms with Crippen molar-refractivity contribution >= 4 is 137 Å². The third-order valence-corrected chi connectivity index (χ3v) is 14.3. The Bertz CT molecular complexity index is 4620. The third-order valence-electron chi connectivity index (χ3n) is 10.7. The minimum atomic E-state index is -4.62. The second kappa shape index (κ2) is 28.1. The van der Waals surface area contributed by atoms with Crippen LogP contribution in [0.5, 0.6) is 0 Å². The van der Waals surface area contributed by atoms with Gasteiger partial charge in [-0.2, -0.15) is 56.0 Å². The van der Waals surface area contributed by atoms with Crippen molar-refractivity contribution < 1.29 is 64.2 Å². The van der Waals surface area contributed by atoms with Crippen LogP contribution in [0, 0.1) is 40.9 Å². The zero-order chi connectivity index (χ0) is 62.2. The molecule has 85 heavy (non-hydrogen) atoms. The number of aromatic nitrogens is 4. The van der Waals surface area contributed by atoms with Crippen LogP contribution in [0.3, 0.4) is 0 Å². The summed E-state index contributed by atoms with van der Waals surface area (Å²) in [5, 5.41) is 64.0. The average Bonchev–Trinajstić information content (AvgIpc) is 3.58. The van der Waals surface area contributed by atoms with Gasteiger partial charge in [0.05, 0.1) is 26.6 Å². The van der Waals surface area contributed by atoms with Crippen molar-refractivity contribution in [1.82, 2.24) is 19.9 Å². The van der Waals surface area contributed by atoms with E-state index in [1.54, 1.807) is 61.5 Å². The molecule has 0 spiro atoms. The van der Waals surface area contributed by atoms with Crippen LogP contribution in [0.25, 0.3) is 11.1 Å². The van der Waals surface area contributed by atoms with Crippen LogP contribution in [0.2, 0.25) is 0 Å². The number of rotatable bonds is 18. The molecule has 8 N–H and O–H groups in total. The maximum Gasteiger partial charge on any atom is 0.425 e. The van der Waals surface area contributed by atoms with Crippen LogP contribution in [0.1, 0.15) is 29.2 Å². The first-order valence-corrected chi connectivity index (χ1v) is 30.1. The quantitative estimate of drug-likeness (QED) is 0.0293. The lowest BCUT2D eigenvalue weighted by Gasteiger charge is -2.16. The summed E-state index contributed by atoms with van der Waals surface area (Å²) in [6.07, 6.45) is 0. The van der Waals surface area contributed by atoms with Gasteiger partial charge in [-0.1, -0.05) is 47.7 Å². The molecule has 0 saturated heterocycles. The minimum Gasteiger partial charge on any atom is -0.354 e. The number of pyridine rings is 1. The van der Waals surface area contributed by atoms with Gasteiger partial charge in [0.2, 0.25) is 17.8 Å². The Hall–Kier alpha value is -10.4. The molecule has 37 heteroatoms. The van der Waals surface area contributed by atoms with Crippen LogP contribution in [-0.4, -0.2) is 90.6 Å². The summed E-state index contributed by atoms with van der Waals surface area (Å²) in [4.78, 5) is 16.5. The molecule has 8 rings (SSSR count). The molecule has 0 atom stereocenters. The fraction of sp³-hybridized carbons (Fsp3) is 0.0625. The molecule has 0 fully saturated rings. The number of hydrogen-bond acceptors (Lipinski definition) is 29. The Morgan fingerprint density at radius 3 is 1.54 bits per heavy atom.